The third-order valence-electron chi connectivity index (χ3n) is 5.54. The standard InChI is InChI=1S/C17H25N3O2/c1-11(13-8-4-5-9-19-13)20-15(21)17(18)12-7-6-10-22-14(12)16(17,2)3/h4-5,8-9,11-12,14H,6-7,10,18H2,1-3H3,(H,20,21). The first-order valence-corrected chi connectivity index (χ1v) is 8.01. The number of aromatic nitrogens is 1. The third kappa shape index (κ3) is 2.07. The normalized spacial score (nSPS) is 34.2. The summed E-state index contributed by atoms with van der Waals surface area (Å²) < 4.78 is 5.86. The minimum atomic E-state index is -0.874. The monoisotopic (exact) mass is 303 g/mol. The van der Waals surface area contributed by atoms with Gasteiger partial charge in [-0.05, 0) is 31.9 Å². The highest BCUT2D eigenvalue weighted by atomic mass is 16.5. The molecule has 22 heavy (non-hydrogen) atoms. The zero-order valence-electron chi connectivity index (χ0n) is 13.5. The van der Waals surface area contributed by atoms with E-state index in [0.29, 0.717) is 0 Å². The predicted octanol–water partition coefficient (Wildman–Crippen LogP) is 1.79. The summed E-state index contributed by atoms with van der Waals surface area (Å²) in [5, 5.41) is 3.05. The number of nitrogens with two attached hydrogens (primary N) is 1. The minimum absolute atomic E-state index is 0.0853. The van der Waals surface area contributed by atoms with E-state index in [1.165, 1.54) is 0 Å². The average Bonchev–Trinajstić information content (AvgIpc) is 2.54. The highest BCUT2D eigenvalue weighted by Gasteiger charge is 2.70. The summed E-state index contributed by atoms with van der Waals surface area (Å²) in [4.78, 5) is 17.2. The van der Waals surface area contributed by atoms with Crippen molar-refractivity contribution in [2.75, 3.05) is 6.61 Å². The van der Waals surface area contributed by atoms with Gasteiger partial charge in [-0.25, -0.2) is 0 Å². The van der Waals surface area contributed by atoms with Gasteiger partial charge >= 0.3 is 0 Å². The molecule has 120 valence electrons. The number of carbonyl (C=O) groups is 1. The van der Waals surface area contributed by atoms with Crippen molar-refractivity contribution in [1.82, 2.24) is 10.3 Å². The van der Waals surface area contributed by atoms with Crippen LogP contribution in [0.4, 0.5) is 0 Å². The molecule has 3 N–H and O–H groups in total. The van der Waals surface area contributed by atoms with E-state index in [4.69, 9.17) is 10.5 Å². The second kappa shape index (κ2) is 5.32. The molecule has 0 radical (unpaired) electrons. The molecule has 1 amide bonds. The van der Waals surface area contributed by atoms with Gasteiger partial charge in [0.15, 0.2) is 0 Å². The Morgan fingerprint density at radius 1 is 1.50 bits per heavy atom. The molecule has 0 aromatic carbocycles. The molecule has 2 heterocycles. The molecule has 0 bridgehead atoms. The van der Waals surface area contributed by atoms with Gasteiger partial charge in [0, 0.05) is 24.1 Å². The molecule has 1 saturated carbocycles. The van der Waals surface area contributed by atoms with Crippen molar-refractivity contribution in [2.24, 2.45) is 17.1 Å². The van der Waals surface area contributed by atoms with Crippen molar-refractivity contribution in [3.05, 3.63) is 30.1 Å². The third-order valence-corrected chi connectivity index (χ3v) is 5.54. The van der Waals surface area contributed by atoms with Gasteiger partial charge in [0.25, 0.3) is 0 Å². The Labute approximate surface area is 131 Å². The lowest BCUT2D eigenvalue weighted by molar-refractivity contribution is -0.225. The fraction of sp³-hybridized carbons (Fsp3) is 0.647. The lowest BCUT2D eigenvalue weighted by atomic mass is 9.46. The molecular formula is C17H25N3O2. The van der Waals surface area contributed by atoms with Crippen LogP contribution in [0.1, 0.15) is 45.3 Å². The summed E-state index contributed by atoms with van der Waals surface area (Å²) in [6, 6.07) is 5.53. The molecule has 1 aliphatic carbocycles. The van der Waals surface area contributed by atoms with Crippen LogP contribution in [0.5, 0.6) is 0 Å². The molecule has 1 saturated heterocycles. The van der Waals surface area contributed by atoms with Gasteiger partial charge in [0.05, 0.1) is 17.8 Å². The SMILES string of the molecule is CC(NC(=O)C1(N)C2CCCOC2C1(C)C)c1ccccn1. The highest BCUT2D eigenvalue weighted by Crippen LogP contribution is 2.57. The number of fused-ring (bicyclic) bond motifs is 1. The van der Waals surface area contributed by atoms with Crippen LogP contribution in [0.15, 0.2) is 24.4 Å². The van der Waals surface area contributed by atoms with E-state index in [9.17, 15) is 4.79 Å². The number of pyridine rings is 1. The Morgan fingerprint density at radius 2 is 2.27 bits per heavy atom. The number of rotatable bonds is 3. The maximum absolute atomic E-state index is 12.9. The van der Waals surface area contributed by atoms with Crippen molar-refractivity contribution >= 4 is 5.91 Å². The molecule has 5 nitrogen and oxygen atoms in total. The first kappa shape index (κ1) is 15.4. The summed E-state index contributed by atoms with van der Waals surface area (Å²) in [5.74, 6) is 0.00888. The van der Waals surface area contributed by atoms with Crippen molar-refractivity contribution in [3.63, 3.8) is 0 Å². The Kier molecular flexibility index (Phi) is 3.73. The van der Waals surface area contributed by atoms with E-state index in [1.54, 1.807) is 6.20 Å². The fourth-order valence-electron chi connectivity index (χ4n) is 4.06. The van der Waals surface area contributed by atoms with Crippen molar-refractivity contribution < 1.29 is 9.53 Å². The van der Waals surface area contributed by atoms with E-state index < -0.39 is 5.54 Å². The van der Waals surface area contributed by atoms with E-state index in [1.807, 2.05) is 39.0 Å². The molecule has 1 aromatic rings. The molecule has 2 fully saturated rings. The topological polar surface area (TPSA) is 77.2 Å². The van der Waals surface area contributed by atoms with E-state index in [2.05, 4.69) is 10.3 Å². The summed E-state index contributed by atoms with van der Waals surface area (Å²) in [5.41, 5.74) is 6.20. The van der Waals surface area contributed by atoms with E-state index in [0.717, 1.165) is 25.1 Å². The Balaban J connectivity index is 1.76. The zero-order valence-corrected chi connectivity index (χ0v) is 13.5. The Hall–Kier alpha value is -1.46. The zero-order chi connectivity index (χ0) is 16.0. The van der Waals surface area contributed by atoms with Crippen molar-refractivity contribution in [1.29, 1.82) is 0 Å². The molecule has 1 aromatic heterocycles. The van der Waals surface area contributed by atoms with Gasteiger partial charge in [-0.15, -0.1) is 0 Å². The lowest BCUT2D eigenvalue weighted by Crippen LogP contribution is -2.82. The van der Waals surface area contributed by atoms with Crippen LogP contribution in [-0.4, -0.2) is 29.1 Å². The first-order valence-electron chi connectivity index (χ1n) is 8.01. The van der Waals surface area contributed by atoms with Gasteiger partial charge in [0.1, 0.15) is 5.54 Å². The lowest BCUT2D eigenvalue weighted by Gasteiger charge is -2.65. The van der Waals surface area contributed by atoms with Crippen LogP contribution in [0.25, 0.3) is 0 Å². The molecule has 4 unspecified atom stereocenters. The van der Waals surface area contributed by atoms with Gasteiger partial charge in [-0.3, -0.25) is 9.78 Å². The molecule has 5 heteroatoms. The highest BCUT2D eigenvalue weighted by molar-refractivity contribution is 5.89. The van der Waals surface area contributed by atoms with Gasteiger partial charge in [-0.1, -0.05) is 19.9 Å². The number of nitrogens with zero attached hydrogens (tertiary/aromatic N) is 1. The van der Waals surface area contributed by atoms with Crippen LogP contribution in [0.2, 0.25) is 0 Å². The number of amides is 1. The van der Waals surface area contributed by atoms with Crippen LogP contribution in [-0.2, 0) is 9.53 Å². The second-order valence-corrected chi connectivity index (χ2v) is 7.08. The number of carbonyl (C=O) groups excluding carboxylic acids is 1. The molecule has 3 rings (SSSR count). The van der Waals surface area contributed by atoms with Crippen LogP contribution in [0.3, 0.4) is 0 Å². The smallest absolute Gasteiger partial charge is 0.241 e. The summed E-state index contributed by atoms with van der Waals surface area (Å²) in [6.45, 7) is 6.77. The molecule has 1 aliphatic heterocycles. The Morgan fingerprint density at radius 3 is 2.95 bits per heavy atom. The van der Waals surface area contributed by atoms with Gasteiger partial charge in [-0.2, -0.15) is 0 Å². The van der Waals surface area contributed by atoms with E-state index in [-0.39, 0.29) is 29.4 Å². The summed E-state index contributed by atoms with van der Waals surface area (Å²) >= 11 is 0. The Bertz CT molecular complexity index is 560. The number of nitrogens with one attached hydrogen (secondary N) is 1. The van der Waals surface area contributed by atoms with E-state index >= 15 is 0 Å². The summed E-state index contributed by atoms with van der Waals surface area (Å²) in [6.07, 6.45) is 3.74. The number of hydrogen-bond acceptors (Lipinski definition) is 4. The van der Waals surface area contributed by atoms with Gasteiger partial charge in [0.2, 0.25) is 5.91 Å². The van der Waals surface area contributed by atoms with Gasteiger partial charge < -0.3 is 15.8 Å². The molecule has 4 atom stereocenters. The first-order chi connectivity index (χ1) is 10.4. The predicted molar refractivity (Wildman–Crippen MR) is 84.0 cm³/mol. The van der Waals surface area contributed by atoms with Crippen LogP contribution in [0, 0.1) is 11.3 Å². The largest absolute Gasteiger partial charge is 0.377 e. The number of hydrogen-bond donors (Lipinski definition) is 2. The van der Waals surface area contributed by atoms with Crippen LogP contribution >= 0.6 is 0 Å². The summed E-state index contributed by atoms with van der Waals surface area (Å²) in [7, 11) is 0. The quantitative estimate of drug-likeness (QED) is 0.892. The maximum atomic E-state index is 12.9. The maximum Gasteiger partial charge on any atom is 0.241 e. The fourth-order valence-corrected chi connectivity index (χ4v) is 4.06. The van der Waals surface area contributed by atoms with Crippen molar-refractivity contribution in [3.8, 4) is 0 Å². The second-order valence-electron chi connectivity index (χ2n) is 7.08. The average molecular weight is 303 g/mol. The molecule has 0 spiro atoms. The number of ether oxygens (including phenoxy) is 1. The molecule has 2 aliphatic rings. The van der Waals surface area contributed by atoms with Crippen LogP contribution < -0.4 is 11.1 Å². The van der Waals surface area contributed by atoms with Crippen molar-refractivity contribution in [2.45, 2.75) is 51.3 Å². The molecular weight excluding hydrogens is 278 g/mol. The minimum Gasteiger partial charge on any atom is -0.377 e.